The van der Waals surface area contributed by atoms with Gasteiger partial charge in [-0.1, -0.05) is 24.3 Å². The normalized spacial score (nSPS) is 17.9. The Kier molecular flexibility index (Phi) is 3.60. The molecule has 2 aromatic rings. The minimum atomic E-state index is -0.267. The summed E-state index contributed by atoms with van der Waals surface area (Å²) in [6.45, 7) is 2.45. The molecule has 0 saturated carbocycles. The van der Waals surface area contributed by atoms with E-state index in [-0.39, 0.29) is 17.8 Å². The average Bonchev–Trinajstić information content (AvgIpc) is 2.58. The van der Waals surface area contributed by atoms with Crippen LogP contribution in [0.5, 0.6) is 0 Å². The fraction of sp³-hybridized carbons (Fsp3) is 0.235. The van der Waals surface area contributed by atoms with E-state index in [0.29, 0.717) is 13.0 Å². The van der Waals surface area contributed by atoms with Gasteiger partial charge in [-0.2, -0.15) is 0 Å². The molecule has 3 nitrogen and oxygen atoms in total. The maximum Gasteiger partial charge on any atom is 0.229 e. The molecule has 0 radical (unpaired) electrons. The number of para-hydroxylation sites is 2. The first-order valence-electron chi connectivity index (χ1n) is 7.04. The van der Waals surface area contributed by atoms with E-state index in [9.17, 15) is 9.18 Å². The molecule has 3 rings (SSSR count). The monoisotopic (exact) mass is 284 g/mol. The van der Waals surface area contributed by atoms with E-state index in [1.807, 2.05) is 31.2 Å². The van der Waals surface area contributed by atoms with Crippen molar-refractivity contribution in [3.05, 3.63) is 59.9 Å². The van der Waals surface area contributed by atoms with Crippen LogP contribution in [0.25, 0.3) is 0 Å². The third-order valence-electron chi connectivity index (χ3n) is 3.63. The molecule has 2 aromatic carbocycles. The molecule has 1 heterocycles. The Morgan fingerprint density at radius 1 is 1.19 bits per heavy atom. The summed E-state index contributed by atoms with van der Waals surface area (Å²) in [5.74, 6) is -0.194. The Bertz CT molecular complexity index is 654. The fourth-order valence-corrected chi connectivity index (χ4v) is 2.60. The standard InChI is InChI=1S/C17H17FN2O/c1-12-10-17(21)20(11-13-6-8-14(18)9-7-13)16-5-3-2-4-15(16)19-12/h2-9,12,19H,10-11H2,1H3/t12-/m0/s1. The molecule has 0 aliphatic carbocycles. The molecule has 0 aromatic heterocycles. The molecule has 1 aliphatic heterocycles. The second-order valence-corrected chi connectivity index (χ2v) is 5.37. The molecule has 0 saturated heterocycles. The van der Waals surface area contributed by atoms with Crippen molar-refractivity contribution in [2.24, 2.45) is 0 Å². The van der Waals surface area contributed by atoms with Crippen molar-refractivity contribution in [1.82, 2.24) is 0 Å². The highest BCUT2D eigenvalue weighted by Gasteiger charge is 2.25. The van der Waals surface area contributed by atoms with E-state index in [0.717, 1.165) is 16.9 Å². The lowest BCUT2D eigenvalue weighted by molar-refractivity contribution is -0.118. The lowest BCUT2D eigenvalue weighted by Crippen LogP contribution is -2.31. The van der Waals surface area contributed by atoms with Gasteiger partial charge in [0, 0.05) is 12.5 Å². The molecule has 0 spiro atoms. The van der Waals surface area contributed by atoms with Gasteiger partial charge in [0.25, 0.3) is 0 Å². The second-order valence-electron chi connectivity index (χ2n) is 5.37. The summed E-state index contributed by atoms with van der Waals surface area (Å²) < 4.78 is 13.0. The van der Waals surface area contributed by atoms with E-state index >= 15 is 0 Å². The van der Waals surface area contributed by atoms with Gasteiger partial charge < -0.3 is 10.2 Å². The topological polar surface area (TPSA) is 32.3 Å². The highest BCUT2D eigenvalue weighted by molar-refractivity contribution is 5.98. The Hall–Kier alpha value is -2.36. The number of fused-ring (bicyclic) bond motifs is 1. The van der Waals surface area contributed by atoms with Gasteiger partial charge in [-0.3, -0.25) is 4.79 Å². The van der Waals surface area contributed by atoms with Gasteiger partial charge in [-0.15, -0.1) is 0 Å². The van der Waals surface area contributed by atoms with E-state index in [1.165, 1.54) is 12.1 Å². The third-order valence-corrected chi connectivity index (χ3v) is 3.63. The molecule has 1 aliphatic rings. The molecule has 1 amide bonds. The number of nitrogens with one attached hydrogen (secondary N) is 1. The van der Waals surface area contributed by atoms with Crippen molar-refractivity contribution < 1.29 is 9.18 Å². The highest BCUT2D eigenvalue weighted by Crippen LogP contribution is 2.31. The van der Waals surface area contributed by atoms with E-state index < -0.39 is 0 Å². The number of rotatable bonds is 2. The summed E-state index contributed by atoms with van der Waals surface area (Å²) >= 11 is 0. The number of amides is 1. The lowest BCUT2D eigenvalue weighted by atomic mass is 10.1. The third kappa shape index (κ3) is 2.89. The summed E-state index contributed by atoms with van der Waals surface area (Å²) in [7, 11) is 0. The number of carbonyl (C=O) groups is 1. The molecule has 0 fully saturated rings. The number of carbonyl (C=O) groups excluding carboxylic acids is 1. The predicted octanol–water partition coefficient (Wildman–Crippen LogP) is 3.56. The molecular formula is C17H17FN2O. The molecule has 4 heteroatoms. The van der Waals surface area contributed by atoms with Gasteiger partial charge in [-0.05, 0) is 36.8 Å². The van der Waals surface area contributed by atoms with Crippen LogP contribution in [0, 0.1) is 5.82 Å². The van der Waals surface area contributed by atoms with Crippen molar-refractivity contribution in [2.45, 2.75) is 25.9 Å². The van der Waals surface area contributed by atoms with Crippen molar-refractivity contribution in [3.63, 3.8) is 0 Å². The van der Waals surface area contributed by atoms with Crippen molar-refractivity contribution >= 4 is 17.3 Å². The van der Waals surface area contributed by atoms with Crippen LogP contribution in [0.4, 0.5) is 15.8 Å². The summed E-state index contributed by atoms with van der Waals surface area (Å²) in [5.41, 5.74) is 2.74. The summed E-state index contributed by atoms with van der Waals surface area (Å²) in [5, 5.41) is 3.36. The minimum Gasteiger partial charge on any atom is -0.380 e. The molecule has 21 heavy (non-hydrogen) atoms. The average molecular weight is 284 g/mol. The Balaban J connectivity index is 1.95. The molecule has 1 N–H and O–H groups in total. The quantitative estimate of drug-likeness (QED) is 0.914. The molecule has 1 atom stereocenters. The number of nitrogens with zero attached hydrogens (tertiary/aromatic N) is 1. The number of hydrogen-bond acceptors (Lipinski definition) is 2. The minimum absolute atomic E-state index is 0.0734. The summed E-state index contributed by atoms with van der Waals surface area (Å²) in [4.78, 5) is 14.2. The lowest BCUT2D eigenvalue weighted by Gasteiger charge is -2.22. The number of anilines is 2. The molecule has 0 bridgehead atoms. The zero-order valence-electron chi connectivity index (χ0n) is 11.8. The predicted molar refractivity (Wildman–Crippen MR) is 81.7 cm³/mol. The van der Waals surface area contributed by atoms with Gasteiger partial charge in [0.05, 0.1) is 17.9 Å². The van der Waals surface area contributed by atoms with Crippen LogP contribution in [0.3, 0.4) is 0 Å². The van der Waals surface area contributed by atoms with Crippen LogP contribution in [0.2, 0.25) is 0 Å². The molecule has 108 valence electrons. The number of hydrogen-bond donors (Lipinski definition) is 1. The van der Waals surface area contributed by atoms with E-state index in [4.69, 9.17) is 0 Å². The van der Waals surface area contributed by atoms with Gasteiger partial charge in [0.1, 0.15) is 5.82 Å². The first-order chi connectivity index (χ1) is 10.1. The van der Waals surface area contributed by atoms with Crippen LogP contribution in [-0.4, -0.2) is 11.9 Å². The zero-order chi connectivity index (χ0) is 14.8. The first-order valence-corrected chi connectivity index (χ1v) is 7.04. The van der Waals surface area contributed by atoms with Gasteiger partial charge in [0.2, 0.25) is 5.91 Å². The fourth-order valence-electron chi connectivity index (χ4n) is 2.60. The van der Waals surface area contributed by atoms with Crippen molar-refractivity contribution in [1.29, 1.82) is 0 Å². The largest absolute Gasteiger partial charge is 0.380 e. The Morgan fingerprint density at radius 3 is 2.67 bits per heavy atom. The smallest absolute Gasteiger partial charge is 0.229 e. The van der Waals surface area contributed by atoms with Crippen LogP contribution >= 0.6 is 0 Å². The van der Waals surface area contributed by atoms with Crippen LogP contribution in [0.1, 0.15) is 18.9 Å². The highest BCUT2D eigenvalue weighted by atomic mass is 19.1. The summed E-state index contributed by atoms with van der Waals surface area (Å²) in [6, 6.07) is 14.1. The van der Waals surface area contributed by atoms with Gasteiger partial charge in [0.15, 0.2) is 0 Å². The van der Waals surface area contributed by atoms with E-state index in [2.05, 4.69) is 5.32 Å². The zero-order valence-corrected chi connectivity index (χ0v) is 11.8. The summed E-state index contributed by atoms with van der Waals surface area (Å²) in [6.07, 6.45) is 0.440. The maximum absolute atomic E-state index is 13.0. The number of halogens is 1. The SMILES string of the molecule is C[C@H]1CC(=O)N(Cc2ccc(F)cc2)c2ccccc2N1. The molecular weight excluding hydrogens is 267 g/mol. The van der Waals surface area contributed by atoms with Crippen molar-refractivity contribution in [2.75, 3.05) is 10.2 Å². The first kappa shape index (κ1) is 13.6. The van der Waals surface area contributed by atoms with Gasteiger partial charge >= 0.3 is 0 Å². The van der Waals surface area contributed by atoms with Crippen molar-refractivity contribution in [3.8, 4) is 0 Å². The van der Waals surface area contributed by atoms with Crippen LogP contribution in [-0.2, 0) is 11.3 Å². The second kappa shape index (κ2) is 5.56. The van der Waals surface area contributed by atoms with E-state index in [1.54, 1.807) is 17.0 Å². The Labute approximate surface area is 123 Å². The molecule has 0 unspecified atom stereocenters. The number of benzene rings is 2. The van der Waals surface area contributed by atoms with Crippen LogP contribution < -0.4 is 10.2 Å². The van der Waals surface area contributed by atoms with Gasteiger partial charge in [-0.25, -0.2) is 4.39 Å². The Morgan fingerprint density at radius 2 is 1.90 bits per heavy atom. The van der Waals surface area contributed by atoms with Crippen LogP contribution in [0.15, 0.2) is 48.5 Å². The maximum atomic E-state index is 13.0.